The van der Waals surface area contributed by atoms with Gasteiger partial charge in [-0.15, -0.1) is 0 Å². The lowest BCUT2D eigenvalue weighted by Crippen LogP contribution is -2.19. The third-order valence-electron chi connectivity index (χ3n) is 3.87. The molecule has 0 bridgehead atoms. The Bertz CT molecular complexity index is 727. The normalized spacial score (nSPS) is 15.8. The summed E-state index contributed by atoms with van der Waals surface area (Å²) in [4.78, 5) is 31.8. The monoisotopic (exact) mass is 463 g/mol. The van der Waals surface area contributed by atoms with Crippen molar-refractivity contribution >= 4 is 15.6 Å². The van der Waals surface area contributed by atoms with Gasteiger partial charge < -0.3 is 28.5 Å². The third kappa shape index (κ3) is 19.2. The molecule has 0 rings (SSSR count). The van der Waals surface area contributed by atoms with Crippen LogP contribution in [0.15, 0.2) is 46.6 Å². The Kier molecular flexibility index (Phi) is 14.6. The molecule has 0 saturated heterocycles. The topological polar surface area (TPSA) is 131 Å². The Hall–Kier alpha value is -0.820. The van der Waals surface area contributed by atoms with Crippen molar-refractivity contribution in [1.82, 2.24) is 0 Å². The predicted molar refractivity (Wildman–Crippen MR) is 112 cm³/mol. The van der Waals surface area contributed by atoms with E-state index in [4.69, 9.17) is 4.74 Å². The zero-order valence-electron chi connectivity index (χ0n) is 18.4. The smallest absolute Gasteiger partial charge is 0.272 e. The largest absolute Gasteiger partial charge is 0.790 e. The second kappa shape index (κ2) is 15.1. The Morgan fingerprint density at radius 2 is 1.30 bits per heavy atom. The van der Waals surface area contributed by atoms with Crippen LogP contribution in [-0.2, 0) is 22.7 Å². The lowest BCUT2D eigenvalue weighted by Gasteiger charge is -2.34. The molecule has 0 aromatic rings. The number of phosphoric acid groups is 2. The van der Waals surface area contributed by atoms with Crippen LogP contribution in [0.1, 0.15) is 60.3 Å². The molecule has 1 atom stereocenters. The minimum absolute atomic E-state index is 0.394. The van der Waals surface area contributed by atoms with Crippen molar-refractivity contribution in [1.29, 1.82) is 0 Å². The molecule has 0 aliphatic heterocycles. The van der Waals surface area contributed by atoms with Crippen molar-refractivity contribution in [3.8, 4) is 0 Å². The van der Waals surface area contributed by atoms with Gasteiger partial charge >= 0.3 is 0 Å². The molecular weight excluding hydrogens is 430 g/mol. The van der Waals surface area contributed by atoms with Gasteiger partial charge in [-0.25, -0.2) is 0 Å². The highest BCUT2D eigenvalue weighted by Crippen LogP contribution is 2.50. The summed E-state index contributed by atoms with van der Waals surface area (Å²) in [6.07, 6.45) is 11.2. The molecule has 10 heteroatoms. The van der Waals surface area contributed by atoms with Crippen LogP contribution in [0.5, 0.6) is 0 Å². The van der Waals surface area contributed by atoms with Crippen LogP contribution in [-0.4, -0.2) is 19.8 Å². The maximum Gasteiger partial charge on any atom is 0.272 e. The average molecular weight is 463 g/mol. The van der Waals surface area contributed by atoms with Gasteiger partial charge in [-0.05, 0) is 60.3 Å². The Labute approximate surface area is 180 Å². The lowest BCUT2D eigenvalue weighted by molar-refractivity contribution is -0.339. The van der Waals surface area contributed by atoms with E-state index >= 15 is 0 Å². The summed E-state index contributed by atoms with van der Waals surface area (Å²) in [6.45, 7) is 10.9. The van der Waals surface area contributed by atoms with E-state index in [2.05, 4.69) is 34.8 Å². The molecule has 8 nitrogen and oxygen atoms in total. The molecule has 30 heavy (non-hydrogen) atoms. The van der Waals surface area contributed by atoms with Crippen molar-refractivity contribution in [3.63, 3.8) is 0 Å². The zero-order chi connectivity index (χ0) is 23.2. The van der Waals surface area contributed by atoms with Crippen molar-refractivity contribution in [2.24, 2.45) is 0 Å². The van der Waals surface area contributed by atoms with Gasteiger partial charge in [-0.3, -0.25) is 8.88 Å². The minimum Gasteiger partial charge on any atom is -0.790 e. The number of allylic oxidation sites excluding steroid dienone is 5. The van der Waals surface area contributed by atoms with Gasteiger partial charge in [0.2, 0.25) is 0 Å². The first-order chi connectivity index (χ1) is 13.8. The summed E-state index contributed by atoms with van der Waals surface area (Å²) < 4.78 is 34.7. The fourth-order valence-corrected chi connectivity index (χ4v) is 3.64. The summed E-state index contributed by atoms with van der Waals surface area (Å²) in [5, 5.41) is 0. The standard InChI is InChI=1S/C20H36O8P2/c1-17(2)12-14-26-16-20(5)11-7-9-18(3)8-6-10-19(4)13-15-27-30(24,25)28-29(21,22)23/h8,11-13H,6-7,9-10,14-16H2,1-5H3,(H,24,25)(H2,21,22,23)/p-3/b18-8+,19-13+,20-11+. The van der Waals surface area contributed by atoms with Gasteiger partial charge in [0.25, 0.3) is 7.82 Å². The summed E-state index contributed by atoms with van der Waals surface area (Å²) in [6, 6.07) is 0. The third-order valence-corrected chi connectivity index (χ3v) is 5.93. The first kappa shape index (κ1) is 29.2. The molecular formula is C20H33O8P2-3. The zero-order valence-corrected chi connectivity index (χ0v) is 20.2. The van der Waals surface area contributed by atoms with Crippen LogP contribution in [0.25, 0.3) is 0 Å². The van der Waals surface area contributed by atoms with Crippen LogP contribution < -0.4 is 14.7 Å². The van der Waals surface area contributed by atoms with E-state index in [1.54, 1.807) is 6.92 Å². The molecule has 0 spiro atoms. The van der Waals surface area contributed by atoms with Gasteiger partial charge in [-0.1, -0.05) is 46.6 Å². The summed E-state index contributed by atoms with van der Waals surface area (Å²) in [5.74, 6) is 0. The molecule has 0 aliphatic carbocycles. The Morgan fingerprint density at radius 3 is 1.83 bits per heavy atom. The van der Waals surface area contributed by atoms with Gasteiger partial charge in [0.1, 0.15) is 0 Å². The quantitative estimate of drug-likeness (QED) is 0.204. The molecule has 0 fully saturated rings. The average Bonchev–Trinajstić information content (AvgIpc) is 2.56. The van der Waals surface area contributed by atoms with E-state index < -0.39 is 22.3 Å². The molecule has 174 valence electrons. The predicted octanol–water partition coefficient (Wildman–Crippen LogP) is 3.70. The second-order valence-electron chi connectivity index (χ2n) is 7.30. The van der Waals surface area contributed by atoms with E-state index in [-0.39, 0.29) is 0 Å². The molecule has 1 unspecified atom stereocenters. The van der Waals surface area contributed by atoms with Gasteiger partial charge in [-0.2, -0.15) is 0 Å². The molecule has 0 aromatic carbocycles. The maximum absolute atomic E-state index is 11.1. The summed E-state index contributed by atoms with van der Waals surface area (Å²) >= 11 is 0. The van der Waals surface area contributed by atoms with Crippen molar-refractivity contribution in [3.05, 3.63) is 46.6 Å². The fraction of sp³-hybridized carbons (Fsp3) is 0.600. The molecule has 0 heterocycles. The van der Waals surface area contributed by atoms with Crippen LogP contribution >= 0.6 is 15.6 Å². The number of hydrogen-bond donors (Lipinski definition) is 0. The van der Waals surface area contributed by atoms with Crippen LogP contribution in [0.3, 0.4) is 0 Å². The highest BCUT2D eigenvalue weighted by atomic mass is 31.3. The maximum atomic E-state index is 11.1. The Balaban J connectivity index is 4.16. The first-order valence-electron chi connectivity index (χ1n) is 9.67. The van der Waals surface area contributed by atoms with Crippen molar-refractivity contribution in [2.75, 3.05) is 19.8 Å². The Morgan fingerprint density at radius 1 is 0.767 bits per heavy atom. The second-order valence-corrected chi connectivity index (χ2v) is 10.00. The van der Waals surface area contributed by atoms with Crippen molar-refractivity contribution < 1.29 is 37.4 Å². The van der Waals surface area contributed by atoms with E-state index in [9.17, 15) is 23.8 Å². The minimum atomic E-state index is -5.65. The molecule has 0 aromatic heterocycles. The molecule has 0 saturated carbocycles. The van der Waals surface area contributed by atoms with Crippen LogP contribution in [0, 0.1) is 0 Å². The summed E-state index contributed by atoms with van der Waals surface area (Å²) in [5.41, 5.74) is 4.57. The van der Waals surface area contributed by atoms with Crippen LogP contribution in [0.4, 0.5) is 0 Å². The first-order valence-corrected chi connectivity index (χ1v) is 12.6. The molecule has 0 aliphatic rings. The van der Waals surface area contributed by atoms with Crippen LogP contribution in [0.2, 0.25) is 0 Å². The number of ether oxygens (including phenoxy) is 1. The fourth-order valence-electron chi connectivity index (χ4n) is 2.22. The van der Waals surface area contributed by atoms with Gasteiger partial charge in [0.15, 0.2) is 0 Å². The van der Waals surface area contributed by atoms with E-state index in [0.717, 1.165) is 24.8 Å². The van der Waals surface area contributed by atoms with Gasteiger partial charge in [0, 0.05) is 0 Å². The van der Waals surface area contributed by atoms with E-state index in [1.165, 1.54) is 22.8 Å². The highest BCUT2D eigenvalue weighted by molar-refractivity contribution is 7.58. The van der Waals surface area contributed by atoms with E-state index in [1.807, 2.05) is 19.9 Å². The lowest BCUT2D eigenvalue weighted by atomic mass is 10.1. The molecule has 0 N–H and O–H groups in total. The SMILES string of the molecule is CC(C)=CCOC/C(C)=C/CC/C(C)=C/CC/C(C)=C/COP(=O)([O-])OP(=O)([O-])[O-]. The summed E-state index contributed by atoms with van der Waals surface area (Å²) in [7, 11) is -10.8. The molecule has 0 amide bonds. The van der Waals surface area contributed by atoms with Crippen molar-refractivity contribution in [2.45, 2.75) is 60.3 Å². The number of hydrogen-bond acceptors (Lipinski definition) is 8. The number of rotatable bonds is 15. The van der Waals surface area contributed by atoms with Gasteiger partial charge in [0.05, 0.1) is 27.6 Å². The number of phosphoric ester groups is 1. The highest BCUT2D eigenvalue weighted by Gasteiger charge is 2.10. The van der Waals surface area contributed by atoms with E-state index in [0.29, 0.717) is 19.6 Å². The molecule has 0 radical (unpaired) electrons.